The van der Waals surface area contributed by atoms with Gasteiger partial charge in [0, 0.05) is 0 Å². The zero-order chi connectivity index (χ0) is 14.4. The standard InChI is InChI=1S/C12H16BFN2O3/c1-11(2)12(3,4)19-13(18-11)9-7(14)5-6-8(16-9)10(15)17/h5-6H,1-4H3,(H2,15,17). The molecule has 0 aromatic carbocycles. The molecule has 0 saturated carbocycles. The van der Waals surface area contributed by atoms with Gasteiger partial charge in [0.1, 0.15) is 17.1 Å². The molecule has 0 unspecified atom stereocenters. The summed E-state index contributed by atoms with van der Waals surface area (Å²) >= 11 is 0. The molecule has 0 bridgehead atoms. The fourth-order valence-electron chi connectivity index (χ4n) is 1.72. The zero-order valence-corrected chi connectivity index (χ0v) is 11.4. The lowest BCUT2D eigenvalue weighted by atomic mass is 9.83. The summed E-state index contributed by atoms with van der Waals surface area (Å²) in [5.74, 6) is -1.32. The predicted molar refractivity (Wildman–Crippen MR) is 68.4 cm³/mol. The predicted octanol–water partition coefficient (Wildman–Crippen LogP) is 0.619. The van der Waals surface area contributed by atoms with Crippen LogP contribution in [0.15, 0.2) is 12.1 Å². The first-order chi connectivity index (χ1) is 8.64. The van der Waals surface area contributed by atoms with Crippen LogP contribution in [0.1, 0.15) is 38.2 Å². The maximum Gasteiger partial charge on any atom is 0.517 e. The third-order valence-electron chi connectivity index (χ3n) is 3.60. The van der Waals surface area contributed by atoms with Gasteiger partial charge in [-0.2, -0.15) is 0 Å². The molecule has 1 aliphatic heterocycles. The van der Waals surface area contributed by atoms with Crippen LogP contribution in [-0.4, -0.2) is 29.2 Å². The average molecular weight is 266 g/mol. The molecule has 19 heavy (non-hydrogen) atoms. The minimum Gasteiger partial charge on any atom is -0.398 e. The number of amides is 1. The van der Waals surface area contributed by atoms with Crippen LogP contribution in [0.5, 0.6) is 0 Å². The molecular formula is C12H16BFN2O3. The van der Waals surface area contributed by atoms with Gasteiger partial charge >= 0.3 is 7.12 Å². The average Bonchev–Trinajstić information content (AvgIpc) is 2.48. The van der Waals surface area contributed by atoms with Gasteiger partial charge in [0.25, 0.3) is 5.91 Å². The van der Waals surface area contributed by atoms with Crippen LogP contribution in [0.3, 0.4) is 0 Å². The Balaban J connectivity index is 2.39. The molecule has 7 heteroatoms. The first kappa shape index (κ1) is 14.0. The van der Waals surface area contributed by atoms with Crippen molar-refractivity contribution < 1.29 is 18.5 Å². The molecule has 1 saturated heterocycles. The van der Waals surface area contributed by atoms with Gasteiger partial charge in [-0.1, -0.05) is 0 Å². The molecule has 2 rings (SSSR count). The molecule has 1 aromatic heterocycles. The molecule has 1 aliphatic rings. The second kappa shape index (κ2) is 4.28. The fourth-order valence-corrected chi connectivity index (χ4v) is 1.72. The normalized spacial score (nSPS) is 20.6. The maximum atomic E-state index is 13.8. The molecule has 0 spiro atoms. The Kier molecular flexibility index (Phi) is 3.14. The smallest absolute Gasteiger partial charge is 0.398 e. The Hall–Kier alpha value is -1.47. The highest BCUT2D eigenvalue weighted by Gasteiger charge is 2.53. The van der Waals surface area contributed by atoms with Crippen LogP contribution < -0.4 is 11.3 Å². The first-order valence-corrected chi connectivity index (χ1v) is 5.96. The number of halogens is 1. The number of aromatic nitrogens is 1. The number of pyridine rings is 1. The topological polar surface area (TPSA) is 74.4 Å². The lowest BCUT2D eigenvalue weighted by Crippen LogP contribution is -2.41. The lowest BCUT2D eigenvalue weighted by molar-refractivity contribution is 0.00578. The number of nitrogens with two attached hydrogens (primary N) is 1. The first-order valence-electron chi connectivity index (χ1n) is 5.96. The largest absolute Gasteiger partial charge is 0.517 e. The summed E-state index contributed by atoms with van der Waals surface area (Å²) in [5.41, 5.74) is 3.84. The highest BCUT2D eigenvalue weighted by atomic mass is 19.1. The van der Waals surface area contributed by atoms with Gasteiger partial charge in [0.15, 0.2) is 0 Å². The van der Waals surface area contributed by atoms with E-state index in [0.29, 0.717) is 0 Å². The Labute approximate surface area is 111 Å². The van der Waals surface area contributed by atoms with Gasteiger partial charge in [-0.3, -0.25) is 4.79 Å². The quantitative estimate of drug-likeness (QED) is 0.796. The summed E-state index contributed by atoms with van der Waals surface area (Å²) in [7, 11) is -0.954. The van der Waals surface area contributed by atoms with E-state index in [9.17, 15) is 9.18 Å². The second-order valence-electron chi connectivity index (χ2n) is 5.52. The highest BCUT2D eigenvalue weighted by Crippen LogP contribution is 2.36. The van der Waals surface area contributed by atoms with E-state index in [-0.39, 0.29) is 11.3 Å². The van der Waals surface area contributed by atoms with E-state index in [1.165, 1.54) is 6.07 Å². The number of carbonyl (C=O) groups is 1. The summed E-state index contributed by atoms with van der Waals surface area (Å²) in [5, 5.41) is 0. The Morgan fingerprint density at radius 2 is 1.79 bits per heavy atom. The van der Waals surface area contributed by atoms with Crippen molar-refractivity contribution in [2.45, 2.75) is 38.9 Å². The van der Waals surface area contributed by atoms with Crippen molar-refractivity contribution in [3.8, 4) is 0 Å². The van der Waals surface area contributed by atoms with E-state index in [0.717, 1.165) is 6.07 Å². The number of carbonyl (C=O) groups excluding carboxylic acids is 1. The molecule has 0 atom stereocenters. The lowest BCUT2D eigenvalue weighted by Gasteiger charge is -2.32. The van der Waals surface area contributed by atoms with Gasteiger partial charge in [-0.15, -0.1) is 0 Å². The van der Waals surface area contributed by atoms with E-state index in [1.54, 1.807) is 0 Å². The van der Waals surface area contributed by atoms with Crippen molar-refractivity contribution in [2.75, 3.05) is 0 Å². The summed E-state index contributed by atoms with van der Waals surface area (Å²) in [6.07, 6.45) is 0. The molecule has 0 radical (unpaired) electrons. The van der Waals surface area contributed by atoms with Gasteiger partial charge in [-0.25, -0.2) is 9.37 Å². The molecule has 0 aliphatic carbocycles. The molecule has 2 N–H and O–H groups in total. The minimum atomic E-state index is -0.954. The molecular weight excluding hydrogens is 250 g/mol. The zero-order valence-electron chi connectivity index (χ0n) is 11.4. The Morgan fingerprint density at radius 1 is 1.26 bits per heavy atom. The molecule has 102 valence electrons. The summed E-state index contributed by atoms with van der Waals surface area (Å²) in [6.45, 7) is 7.40. The van der Waals surface area contributed by atoms with Crippen molar-refractivity contribution in [2.24, 2.45) is 5.73 Å². The van der Waals surface area contributed by atoms with Crippen molar-refractivity contribution >= 4 is 18.6 Å². The van der Waals surface area contributed by atoms with Crippen molar-refractivity contribution in [3.63, 3.8) is 0 Å². The molecule has 1 aromatic rings. The monoisotopic (exact) mass is 266 g/mol. The van der Waals surface area contributed by atoms with Gasteiger partial charge in [0.05, 0.1) is 11.2 Å². The Morgan fingerprint density at radius 3 is 2.26 bits per heavy atom. The summed E-state index contributed by atoms with van der Waals surface area (Å²) < 4.78 is 25.2. The van der Waals surface area contributed by atoms with Crippen LogP contribution in [0.2, 0.25) is 0 Å². The molecule has 2 heterocycles. The van der Waals surface area contributed by atoms with Crippen LogP contribution in [0.4, 0.5) is 4.39 Å². The van der Waals surface area contributed by atoms with Crippen LogP contribution in [0.25, 0.3) is 0 Å². The van der Waals surface area contributed by atoms with Crippen LogP contribution in [-0.2, 0) is 9.31 Å². The summed E-state index contributed by atoms with van der Waals surface area (Å²) in [6, 6.07) is 2.36. The maximum absolute atomic E-state index is 13.8. The van der Waals surface area contributed by atoms with Gasteiger partial charge < -0.3 is 15.0 Å². The SMILES string of the molecule is CC1(C)OB(c2nc(C(N)=O)ccc2F)OC1(C)C. The number of hydrogen-bond donors (Lipinski definition) is 1. The number of rotatable bonds is 2. The van der Waals surface area contributed by atoms with Crippen LogP contribution in [0, 0.1) is 5.82 Å². The number of primary amides is 1. The van der Waals surface area contributed by atoms with Crippen LogP contribution >= 0.6 is 0 Å². The van der Waals surface area contributed by atoms with Gasteiger partial charge in [0.2, 0.25) is 0 Å². The molecule has 5 nitrogen and oxygen atoms in total. The molecule has 1 amide bonds. The van der Waals surface area contributed by atoms with Gasteiger partial charge in [-0.05, 0) is 39.8 Å². The second-order valence-corrected chi connectivity index (χ2v) is 5.52. The number of nitrogens with zero attached hydrogens (tertiary/aromatic N) is 1. The van der Waals surface area contributed by atoms with E-state index in [4.69, 9.17) is 15.0 Å². The summed E-state index contributed by atoms with van der Waals surface area (Å²) in [4.78, 5) is 15.0. The van der Waals surface area contributed by atoms with E-state index < -0.39 is 30.0 Å². The third-order valence-corrected chi connectivity index (χ3v) is 3.60. The third kappa shape index (κ3) is 2.35. The highest BCUT2D eigenvalue weighted by molar-refractivity contribution is 6.61. The van der Waals surface area contributed by atoms with Crippen molar-refractivity contribution in [1.82, 2.24) is 4.98 Å². The van der Waals surface area contributed by atoms with E-state index in [2.05, 4.69) is 4.98 Å². The number of hydrogen-bond acceptors (Lipinski definition) is 4. The minimum absolute atomic E-state index is 0.0221. The van der Waals surface area contributed by atoms with E-state index in [1.807, 2.05) is 27.7 Å². The fraction of sp³-hybridized carbons (Fsp3) is 0.500. The van der Waals surface area contributed by atoms with E-state index >= 15 is 0 Å². The van der Waals surface area contributed by atoms with Crippen molar-refractivity contribution in [3.05, 3.63) is 23.6 Å². The Bertz CT molecular complexity index is 518. The van der Waals surface area contributed by atoms with Crippen molar-refractivity contribution in [1.29, 1.82) is 0 Å². The molecule has 1 fully saturated rings.